The second kappa shape index (κ2) is 10.4. The van der Waals surface area contributed by atoms with Crippen molar-refractivity contribution < 1.29 is 9.90 Å². The van der Waals surface area contributed by atoms with Crippen molar-refractivity contribution in [2.24, 2.45) is 17.8 Å². The molecule has 0 atom stereocenters. The van der Waals surface area contributed by atoms with Gasteiger partial charge in [-0.05, 0) is 51.0 Å². The van der Waals surface area contributed by atoms with Crippen LogP contribution in [0.1, 0.15) is 52.5 Å². The predicted octanol–water partition coefficient (Wildman–Crippen LogP) is 4.20. The summed E-state index contributed by atoms with van der Waals surface area (Å²) in [7, 11) is 1.92. The van der Waals surface area contributed by atoms with E-state index in [9.17, 15) is 14.7 Å². The third kappa shape index (κ3) is 5.54. The Bertz CT molecular complexity index is 1450. The molecule has 4 rings (SSSR count). The van der Waals surface area contributed by atoms with Gasteiger partial charge in [-0.1, -0.05) is 26.0 Å². The summed E-state index contributed by atoms with van der Waals surface area (Å²) in [6.45, 7) is 9.14. The molecule has 0 fully saturated rings. The van der Waals surface area contributed by atoms with Crippen LogP contribution in [0.2, 0.25) is 0 Å². The number of amidine groups is 1. The number of amides is 1. The predicted molar refractivity (Wildman–Crippen MR) is 150 cm³/mol. The van der Waals surface area contributed by atoms with E-state index in [1.807, 2.05) is 52.9 Å². The highest BCUT2D eigenvalue weighted by Crippen LogP contribution is 2.33. The van der Waals surface area contributed by atoms with Crippen molar-refractivity contribution in [3.05, 3.63) is 58.0 Å². The largest absolute Gasteiger partial charge is 0.389 e. The van der Waals surface area contributed by atoms with Crippen LogP contribution in [0.25, 0.3) is 28.2 Å². The van der Waals surface area contributed by atoms with E-state index in [1.54, 1.807) is 20.0 Å². The zero-order chi connectivity index (χ0) is 26.9. The second-order valence-electron chi connectivity index (χ2n) is 10.5. The zero-order valence-corrected chi connectivity index (χ0v) is 22.4. The minimum absolute atomic E-state index is 0.00907. The van der Waals surface area contributed by atoms with Gasteiger partial charge in [-0.15, -0.1) is 0 Å². The number of aromatic nitrogens is 2. The van der Waals surface area contributed by atoms with Gasteiger partial charge in [-0.3, -0.25) is 9.59 Å². The van der Waals surface area contributed by atoms with Crippen LogP contribution in [0.5, 0.6) is 0 Å². The number of benzene rings is 1. The zero-order valence-electron chi connectivity index (χ0n) is 22.4. The van der Waals surface area contributed by atoms with Crippen LogP contribution >= 0.6 is 0 Å². The lowest BCUT2D eigenvalue weighted by Gasteiger charge is -2.22. The molecule has 37 heavy (non-hydrogen) atoms. The molecule has 0 spiro atoms. The van der Waals surface area contributed by atoms with Gasteiger partial charge in [0.25, 0.3) is 5.56 Å². The van der Waals surface area contributed by atoms with Gasteiger partial charge in [0.15, 0.2) is 0 Å². The molecular weight excluding hydrogens is 466 g/mol. The highest BCUT2D eigenvalue weighted by atomic mass is 16.3. The van der Waals surface area contributed by atoms with Gasteiger partial charge in [-0.25, -0.2) is 4.99 Å². The Kier molecular flexibility index (Phi) is 7.41. The molecule has 1 aromatic carbocycles. The fourth-order valence-corrected chi connectivity index (χ4v) is 4.94. The molecule has 2 aromatic heterocycles. The van der Waals surface area contributed by atoms with Crippen molar-refractivity contribution >= 4 is 34.4 Å². The molecule has 0 saturated carbocycles. The summed E-state index contributed by atoms with van der Waals surface area (Å²) in [6.07, 6.45) is 5.73. The standard InChI is InChI=1S/C29H37N5O3/c1-6-11-33(12-7-2)27(35)21-14-19-8-9-20(15-23(19)31-26(30)16-21)25-17-22-24(32(25)5)10-13-34(28(22)36)18-29(3,4)37/h8-10,13-15,17,37H,6-7,11-12,16,18H2,1-5H3,(H2,30,31). The first-order valence-electron chi connectivity index (χ1n) is 12.9. The number of aliphatic imine (C=N–C) groups is 1. The summed E-state index contributed by atoms with van der Waals surface area (Å²) < 4.78 is 3.52. The number of nitrogens with zero attached hydrogens (tertiary/aromatic N) is 4. The van der Waals surface area contributed by atoms with Gasteiger partial charge >= 0.3 is 0 Å². The molecule has 3 N–H and O–H groups in total. The molecule has 8 heteroatoms. The number of nitrogens with two attached hydrogens (primary N) is 1. The van der Waals surface area contributed by atoms with E-state index in [0.717, 1.165) is 35.2 Å². The number of rotatable bonds is 8. The molecule has 1 amide bonds. The van der Waals surface area contributed by atoms with E-state index in [0.29, 0.717) is 42.0 Å². The van der Waals surface area contributed by atoms with Crippen molar-refractivity contribution in [3.63, 3.8) is 0 Å². The lowest BCUT2D eigenvalue weighted by atomic mass is 10.0. The number of aliphatic hydroxyl groups is 1. The SMILES string of the molecule is CCCN(CCC)C(=O)C1=Cc2ccc(-c3cc4c(=O)n(CC(C)(C)O)ccc4n3C)cc2N=C(N)C1. The third-order valence-corrected chi connectivity index (χ3v) is 6.58. The molecular formula is C29H37N5O3. The fraction of sp³-hybridized carbons (Fsp3) is 0.414. The molecule has 1 aliphatic rings. The Balaban J connectivity index is 1.75. The summed E-state index contributed by atoms with van der Waals surface area (Å²) in [5, 5.41) is 10.8. The Labute approximate surface area is 217 Å². The Morgan fingerprint density at radius 3 is 2.51 bits per heavy atom. The molecule has 0 radical (unpaired) electrons. The van der Waals surface area contributed by atoms with E-state index < -0.39 is 5.60 Å². The van der Waals surface area contributed by atoms with Crippen LogP contribution in [0, 0.1) is 0 Å². The molecule has 3 aromatic rings. The smallest absolute Gasteiger partial charge is 0.260 e. The van der Waals surface area contributed by atoms with E-state index in [1.165, 1.54) is 4.57 Å². The second-order valence-corrected chi connectivity index (χ2v) is 10.5. The lowest BCUT2D eigenvalue weighted by molar-refractivity contribution is -0.127. The molecule has 3 heterocycles. The summed E-state index contributed by atoms with van der Waals surface area (Å²) in [6, 6.07) is 9.65. The topological polar surface area (TPSA) is 106 Å². The van der Waals surface area contributed by atoms with Gasteiger partial charge in [0.2, 0.25) is 5.91 Å². The number of fused-ring (bicyclic) bond motifs is 2. The van der Waals surface area contributed by atoms with Crippen molar-refractivity contribution in [3.8, 4) is 11.3 Å². The maximum Gasteiger partial charge on any atom is 0.260 e. The number of hydrogen-bond donors (Lipinski definition) is 2. The van der Waals surface area contributed by atoms with Gasteiger partial charge in [0, 0.05) is 55.1 Å². The average Bonchev–Trinajstić information content (AvgIpc) is 3.06. The van der Waals surface area contributed by atoms with Crippen LogP contribution in [0.3, 0.4) is 0 Å². The Morgan fingerprint density at radius 1 is 1.16 bits per heavy atom. The molecule has 0 aliphatic carbocycles. The van der Waals surface area contributed by atoms with E-state index >= 15 is 0 Å². The summed E-state index contributed by atoms with van der Waals surface area (Å²) in [5.41, 5.74) is 9.87. The van der Waals surface area contributed by atoms with Crippen molar-refractivity contribution in [2.75, 3.05) is 13.1 Å². The van der Waals surface area contributed by atoms with Crippen molar-refractivity contribution in [2.45, 2.75) is 59.1 Å². The number of pyridine rings is 1. The molecule has 1 aliphatic heterocycles. The highest BCUT2D eigenvalue weighted by Gasteiger charge is 2.22. The monoisotopic (exact) mass is 503 g/mol. The summed E-state index contributed by atoms with van der Waals surface area (Å²) in [4.78, 5) is 32.9. The van der Waals surface area contributed by atoms with Crippen LogP contribution in [0.15, 0.2) is 51.9 Å². The fourth-order valence-electron chi connectivity index (χ4n) is 4.94. The summed E-state index contributed by atoms with van der Waals surface area (Å²) >= 11 is 0. The first-order chi connectivity index (χ1) is 17.5. The Hall–Kier alpha value is -3.65. The van der Waals surface area contributed by atoms with Gasteiger partial charge in [0.05, 0.1) is 28.7 Å². The van der Waals surface area contributed by atoms with Crippen LogP contribution < -0.4 is 11.3 Å². The van der Waals surface area contributed by atoms with Gasteiger partial charge < -0.3 is 24.9 Å². The third-order valence-electron chi connectivity index (χ3n) is 6.58. The molecule has 196 valence electrons. The number of hydrogen-bond acceptors (Lipinski definition) is 5. The van der Waals surface area contributed by atoms with Crippen molar-refractivity contribution in [1.82, 2.24) is 14.0 Å². The van der Waals surface area contributed by atoms with E-state index in [4.69, 9.17) is 5.73 Å². The Morgan fingerprint density at radius 2 is 1.86 bits per heavy atom. The minimum Gasteiger partial charge on any atom is -0.389 e. The molecule has 0 saturated heterocycles. The van der Waals surface area contributed by atoms with E-state index in [2.05, 4.69) is 18.8 Å². The minimum atomic E-state index is -0.998. The quantitative estimate of drug-likeness (QED) is 0.480. The van der Waals surface area contributed by atoms with Crippen LogP contribution in [0.4, 0.5) is 5.69 Å². The first kappa shape index (κ1) is 26.4. The lowest BCUT2D eigenvalue weighted by Crippen LogP contribution is -2.34. The van der Waals surface area contributed by atoms with Crippen LogP contribution in [-0.2, 0) is 18.4 Å². The molecule has 0 bridgehead atoms. The van der Waals surface area contributed by atoms with Crippen molar-refractivity contribution in [1.29, 1.82) is 0 Å². The van der Waals surface area contributed by atoms with Crippen LogP contribution in [-0.4, -0.2) is 49.6 Å². The number of carbonyl (C=O) groups is 1. The highest BCUT2D eigenvalue weighted by molar-refractivity contribution is 6.05. The van der Waals surface area contributed by atoms with Gasteiger partial charge in [0.1, 0.15) is 5.84 Å². The van der Waals surface area contributed by atoms with E-state index in [-0.39, 0.29) is 18.0 Å². The maximum absolute atomic E-state index is 13.3. The molecule has 0 unspecified atom stereocenters. The maximum atomic E-state index is 13.3. The average molecular weight is 504 g/mol. The normalized spacial score (nSPS) is 13.7. The number of carbonyl (C=O) groups excluding carboxylic acids is 1. The number of aryl methyl sites for hydroxylation is 1. The first-order valence-corrected chi connectivity index (χ1v) is 12.9. The summed E-state index contributed by atoms with van der Waals surface area (Å²) in [5.74, 6) is 0.407. The molecule has 8 nitrogen and oxygen atoms in total. The van der Waals surface area contributed by atoms with Gasteiger partial charge in [-0.2, -0.15) is 0 Å².